The van der Waals surface area contributed by atoms with E-state index in [1.54, 1.807) is 11.8 Å². The summed E-state index contributed by atoms with van der Waals surface area (Å²) in [6.45, 7) is 4.37. The average Bonchev–Trinajstić information content (AvgIpc) is 3.10. The largest absolute Gasteiger partial charge is 0.344 e. The number of allylic oxidation sites excluding steroid dienone is 1. The Balaban J connectivity index is 0.000000201. The molecule has 44 heavy (non-hydrogen) atoms. The lowest BCUT2D eigenvalue weighted by atomic mass is 9.62. The Kier molecular flexibility index (Phi) is 13.2. The van der Waals surface area contributed by atoms with Crippen molar-refractivity contribution in [1.82, 2.24) is 10.6 Å². The van der Waals surface area contributed by atoms with Crippen LogP contribution < -0.4 is 10.6 Å². The molecule has 2 aromatic rings. The van der Waals surface area contributed by atoms with Gasteiger partial charge in [-0.2, -0.15) is 0 Å². The van der Waals surface area contributed by atoms with E-state index < -0.39 is 4.75 Å². The van der Waals surface area contributed by atoms with Gasteiger partial charge in [-0.05, 0) is 41.9 Å². The second-order valence-corrected chi connectivity index (χ2v) is 14.3. The molecule has 236 valence electrons. The molecule has 2 unspecified atom stereocenters. The van der Waals surface area contributed by atoms with E-state index in [0.717, 1.165) is 36.3 Å². The molecule has 1 saturated carbocycles. The maximum Gasteiger partial charge on any atom is 0.258 e. The topological polar surface area (TPSA) is 92.3 Å². The molecule has 3 amide bonds. The minimum Gasteiger partial charge on any atom is -0.344 e. The molecule has 4 atom stereocenters. The van der Waals surface area contributed by atoms with Crippen molar-refractivity contribution in [3.63, 3.8) is 0 Å². The summed E-state index contributed by atoms with van der Waals surface area (Å²) in [5, 5.41) is 5.55. The van der Waals surface area contributed by atoms with Crippen LogP contribution in [0.2, 0.25) is 0 Å². The van der Waals surface area contributed by atoms with Gasteiger partial charge in [0, 0.05) is 18.4 Å². The third-order valence-electron chi connectivity index (χ3n) is 8.64. The average molecular weight is 635 g/mol. The number of amides is 3. The normalized spacial score (nSPS) is 24.2. The molecule has 2 aliphatic heterocycles. The van der Waals surface area contributed by atoms with Crippen LogP contribution in [-0.4, -0.2) is 39.8 Å². The predicted molar refractivity (Wildman–Crippen MR) is 181 cm³/mol. The Hall–Kier alpha value is -2.84. The molecule has 2 fully saturated rings. The first-order valence-electron chi connectivity index (χ1n) is 16.2. The number of benzene rings is 2. The van der Waals surface area contributed by atoms with Crippen LogP contribution >= 0.6 is 23.5 Å². The SMILES string of the molecule is CCCCCCSC1=CC(=O)CC(c2ccccc2)NC1=O.CCCCCCS[C@]12C(=O)NC(=O)[C@H]1CC2c1ccccc1. The summed E-state index contributed by atoms with van der Waals surface area (Å²) in [5.74, 6) is 1.63. The van der Waals surface area contributed by atoms with Crippen LogP contribution in [0.1, 0.15) is 101 Å². The second-order valence-electron chi connectivity index (χ2n) is 11.8. The zero-order valence-electron chi connectivity index (χ0n) is 26.0. The van der Waals surface area contributed by atoms with Crippen molar-refractivity contribution >= 4 is 47.0 Å². The summed E-state index contributed by atoms with van der Waals surface area (Å²) in [4.78, 5) is 49.5. The fraction of sp³-hybridized carbons (Fsp3) is 0.500. The van der Waals surface area contributed by atoms with E-state index in [-0.39, 0.29) is 41.4 Å². The number of ketones is 1. The Morgan fingerprint density at radius 2 is 1.36 bits per heavy atom. The molecule has 1 saturated heterocycles. The molecule has 2 heterocycles. The molecule has 8 heteroatoms. The van der Waals surface area contributed by atoms with Crippen LogP contribution in [0.4, 0.5) is 0 Å². The molecule has 5 rings (SSSR count). The zero-order chi connectivity index (χ0) is 31.4. The molecule has 0 spiro atoms. The van der Waals surface area contributed by atoms with Crippen molar-refractivity contribution in [2.24, 2.45) is 5.92 Å². The van der Waals surface area contributed by atoms with E-state index in [9.17, 15) is 19.2 Å². The highest BCUT2D eigenvalue weighted by atomic mass is 32.2. The lowest BCUT2D eigenvalue weighted by Crippen LogP contribution is -2.54. The standard InChI is InChI=1S/2C18H23NO2S/c1-2-3-4-8-11-22-18-14(13-9-6-5-7-10-13)12-15(18)16(20)19-17(18)21;1-2-3-4-8-11-22-17-13-15(20)12-16(19-18(17)21)14-9-6-5-7-10-14/h5-7,9-10,14-15H,2-4,8,11-12H2,1H3,(H,19,20,21);5-7,9-10,13,16H,2-4,8,11-12H2,1H3,(H,19,21)/t14?,15-,18+;/m1./s1. The van der Waals surface area contributed by atoms with Gasteiger partial charge in [0.1, 0.15) is 4.75 Å². The van der Waals surface area contributed by atoms with E-state index in [1.165, 1.54) is 61.9 Å². The Morgan fingerprint density at radius 3 is 1.98 bits per heavy atom. The van der Waals surface area contributed by atoms with Gasteiger partial charge in [0.25, 0.3) is 5.91 Å². The van der Waals surface area contributed by atoms with Gasteiger partial charge in [0.2, 0.25) is 11.8 Å². The lowest BCUT2D eigenvalue weighted by molar-refractivity contribution is -0.125. The number of hydrogen-bond donors (Lipinski definition) is 2. The number of rotatable bonds is 14. The summed E-state index contributed by atoms with van der Waals surface area (Å²) >= 11 is 3.21. The van der Waals surface area contributed by atoms with Gasteiger partial charge in [-0.3, -0.25) is 24.5 Å². The summed E-state index contributed by atoms with van der Waals surface area (Å²) in [7, 11) is 0. The number of carbonyl (C=O) groups is 4. The maximum absolute atomic E-state index is 12.5. The number of unbranched alkanes of at least 4 members (excludes halogenated alkanes) is 6. The number of thioether (sulfide) groups is 2. The third-order valence-corrected chi connectivity index (χ3v) is 11.5. The Bertz CT molecular complexity index is 1300. The fourth-order valence-corrected chi connectivity index (χ4v) is 8.83. The minimum atomic E-state index is -0.551. The zero-order valence-corrected chi connectivity index (χ0v) is 27.7. The molecule has 2 aromatic carbocycles. The first-order chi connectivity index (χ1) is 21.4. The van der Waals surface area contributed by atoms with Gasteiger partial charge in [-0.1, -0.05) is 113 Å². The number of carbonyl (C=O) groups excluding carboxylic acids is 4. The summed E-state index contributed by atoms with van der Waals surface area (Å²) in [6.07, 6.45) is 12.1. The summed E-state index contributed by atoms with van der Waals surface area (Å²) in [6, 6.07) is 19.6. The van der Waals surface area contributed by atoms with Gasteiger partial charge >= 0.3 is 0 Å². The second kappa shape index (κ2) is 17.0. The van der Waals surface area contributed by atoms with Gasteiger partial charge in [0.15, 0.2) is 5.78 Å². The monoisotopic (exact) mass is 634 g/mol. The van der Waals surface area contributed by atoms with Crippen LogP contribution in [0.5, 0.6) is 0 Å². The van der Waals surface area contributed by atoms with E-state index >= 15 is 0 Å². The van der Waals surface area contributed by atoms with Crippen molar-refractivity contribution < 1.29 is 19.2 Å². The van der Waals surface area contributed by atoms with Crippen molar-refractivity contribution in [2.75, 3.05) is 11.5 Å². The van der Waals surface area contributed by atoms with Crippen LogP contribution in [0.3, 0.4) is 0 Å². The quantitative estimate of drug-likeness (QED) is 0.165. The maximum atomic E-state index is 12.5. The highest BCUT2D eigenvalue weighted by Gasteiger charge is 2.67. The molecule has 2 N–H and O–H groups in total. The highest BCUT2D eigenvalue weighted by molar-refractivity contribution is 8.04. The van der Waals surface area contributed by atoms with E-state index in [4.69, 9.17) is 0 Å². The summed E-state index contributed by atoms with van der Waals surface area (Å²) < 4.78 is -0.551. The number of hydrogen-bond acceptors (Lipinski definition) is 6. The number of fused-ring (bicyclic) bond motifs is 1. The lowest BCUT2D eigenvalue weighted by Gasteiger charge is -2.48. The number of nitrogens with one attached hydrogen (secondary N) is 2. The van der Waals surface area contributed by atoms with E-state index in [0.29, 0.717) is 11.3 Å². The van der Waals surface area contributed by atoms with E-state index in [2.05, 4.69) is 36.6 Å². The molecule has 0 bridgehead atoms. The summed E-state index contributed by atoms with van der Waals surface area (Å²) in [5.41, 5.74) is 2.16. The van der Waals surface area contributed by atoms with Crippen LogP contribution in [0.25, 0.3) is 0 Å². The highest BCUT2D eigenvalue weighted by Crippen LogP contribution is 2.61. The smallest absolute Gasteiger partial charge is 0.258 e. The van der Waals surface area contributed by atoms with Gasteiger partial charge in [-0.15, -0.1) is 23.5 Å². The van der Waals surface area contributed by atoms with E-state index in [1.807, 2.05) is 48.5 Å². The van der Waals surface area contributed by atoms with Gasteiger partial charge in [-0.25, -0.2) is 0 Å². The minimum absolute atomic E-state index is 0.0169. The van der Waals surface area contributed by atoms with Crippen LogP contribution in [0.15, 0.2) is 71.6 Å². The van der Waals surface area contributed by atoms with Crippen molar-refractivity contribution in [1.29, 1.82) is 0 Å². The molecule has 1 aliphatic carbocycles. The first kappa shape index (κ1) is 34.0. The molecule has 6 nitrogen and oxygen atoms in total. The number of imide groups is 1. The Labute approximate surface area is 271 Å². The fourth-order valence-electron chi connectivity index (χ4n) is 6.15. The van der Waals surface area contributed by atoms with Crippen molar-refractivity contribution in [2.45, 2.75) is 94.8 Å². The van der Waals surface area contributed by atoms with Gasteiger partial charge < -0.3 is 5.32 Å². The molecular weight excluding hydrogens is 589 g/mol. The molecular formula is C36H46N2O4S2. The third kappa shape index (κ3) is 8.45. The van der Waals surface area contributed by atoms with Crippen LogP contribution in [-0.2, 0) is 19.2 Å². The van der Waals surface area contributed by atoms with Crippen molar-refractivity contribution in [3.8, 4) is 0 Å². The van der Waals surface area contributed by atoms with Crippen molar-refractivity contribution in [3.05, 3.63) is 82.8 Å². The first-order valence-corrected chi connectivity index (χ1v) is 18.1. The Morgan fingerprint density at radius 1 is 0.750 bits per heavy atom. The molecule has 0 aromatic heterocycles. The molecule has 3 aliphatic rings. The predicted octanol–water partition coefficient (Wildman–Crippen LogP) is 7.51. The molecule has 0 radical (unpaired) electrons. The van der Waals surface area contributed by atoms with Gasteiger partial charge in [0.05, 0.1) is 16.9 Å². The van der Waals surface area contributed by atoms with Crippen LogP contribution in [0, 0.1) is 5.92 Å².